The van der Waals surface area contributed by atoms with Crippen molar-refractivity contribution in [1.82, 2.24) is 10.9 Å². The molecule has 0 aliphatic heterocycles. The Morgan fingerprint density at radius 1 is 0.614 bits per heavy atom. The van der Waals surface area contributed by atoms with E-state index in [2.05, 4.69) is 31.7 Å². The van der Waals surface area contributed by atoms with Gasteiger partial charge in [-0.3, -0.25) is 19.2 Å². The van der Waals surface area contributed by atoms with E-state index in [0.29, 0.717) is 45.4 Å². The van der Waals surface area contributed by atoms with Crippen LogP contribution in [-0.2, 0) is 9.59 Å². The quantitative estimate of drug-likeness (QED) is 0.0788. The summed E-state index contributed by atoms with van der Waals surface area (Å²) in [6, 6.07) is 21.6. The van der Waals surface area contributed by atoms with Crippen molar-refractivity contribution in [1.29, 1.82) is 0 Å². The SMILES string of the molecule is C/C(=N\NC(=O)CCCCC(=O)N/N=C(\C)c1cccc(NC(=O)c2cccs2)c1)c1cccc(NC(=O)c2cccs2)c1. The van der Waals surface area contributed by atoms with Crippen molar-refractivity contribution in [3.05, 3.63) is 104 Å². The fraction of sp³-hybridized carbons (Fsp3) is 0.188. The van der Waals surface area contributed by atoms with Crippen LogP contribution in [0.3, 0.4) is 0 Å². The molecule has 4 aromatic rings. The van der Waals surface area contributed by atoms with E-state index in [0.717, 1.165) is 11.1 Å². The summed E-state index contributed by atoms with van der Waals surface area (Å²) in [5.74, 6) is -0.880. The molecule has 4 amide bonds. The van der Waals surface area contributed by atoms with Crippen LogP contribution in [0.4, 0.5) is 11.4 Å². The third kappa shape index (κ3) is 9.82. The normalized spacial score (nSPS) is 11.5. The van der Waals surface area contributed by atoms with Crippen molar-refractivity contribution in [2.45, 2.75) is 39.5 Å². The van der Waals surface area contributed by atoms with Gasteiger partial charge < -0.3 is 10.6 Å². The van der Waals surface area contributed by atoms with Crippen molar-refractivity contribution in [3.8, 4) is 0 Å². The van der Waals surface area contributed by atoms with Crippen molar-refractivity contribution in [2.24, 2.45) is 10.2 Å². The number of anilines is 2. The Hall–Kier alpha value is -4.94. The second-order valence-electron chi connectivity index (χ2n) is 9.70. The number of thiophene rings is 2. The third-order valence-electron chi connectivity index (χ3n) is 6.32. The number of amides is 4. The van der Waals surface area contributed by atoms with Crippen LogP contribution >= 0.6 is 22.7 Å². The number of carbonyl (C=O) groups is 4. The minimum atomic E-state index is -0.258. The molecule has 226 valence electrons. The molecule has 4 N–H and O–H groups in total. The molecule has 0 spiro atoms. The molecule has 12 heteroatoms. The summed E-state index contributed by atoms with van der Waals surface area (Å²) >= 11 is 2.73. The first-order valence-corrected chi connectivity index (χ1v) is 15.6. The molecule has 0 aliphatic carbocycles. The van der Waals surface area contributed by atoms with E-state index in [1.54, 1.807) is 62.4 Å². The van der Waals surface area contributed by atoms with E-state index >= 15 is 0 Å². The molecule has 0 aliphatic rings. The summed E-state index contributed by atoms with van der Waals surface area (Å²) in [5, 5.41) is 17.8. The molecule has 2 aromatic heterocycles. The maximum Gasteiger partial charge on any atom is 0.265 e. The highest BCUT2D eigenvalue weighted by atomic mass is 32.1. The van der Waals surface area contributed by atoms with E-state index in [9.17, 15) is 19.2 Å². The topological polar surface area (TPSA) is 141 Å². The summed E-state index contributed by atoms with van der Waals surface area (Å²) in [5.41, 5.74) is 9.06. The van der Waals surface area contributed by atoms with E-state index in [-0.39, 0.29) is 36.5 Å². The number of hydrazone groups is 2. The zero-order chi connectivity index (χ0) is 31.3. The van der Waals surface area contributed by atoms with Gasteiger partial charge in [0.05, 0.1) is 21.2 Å². The Morgan fingerprint density at radius 3 is 1.43 bits per heavy atom. The Kier molecular flexibility index (Phi) is 11.7. The molecule has 2 heterocycles. The minimum absolute atomic E-state index is 0.183. The maximum absolute atomic E-state index is 12.3. The van der Waals surface area contributed by atoms with Crippen LogP contribution < -0.4 is 21.5 Å². The van der Waals surface area contributed by atoms with Gasteiger partial charge in [0, 0.05) is 24.2 Å². The van der Waals surface area contributed by atoms with Gasteiger partial charge in [-0.2, -0.15) is 10.2 Å². The number of hydrogen-bond donors (Lipinski definition) is 4. The number of nitrogens with one attached hydrogen (secondary N) is 4. The molecule has 0 saturated heterocycles. The molecule has 0 atom stereocenters. The lowest BCUT2D eigenvalue weighted by Gasteiger charge is -2.07. The van der Waals surface area contributed by atoms with Gasteiger partial charge in [0.25, 0.3) is 11.8 Å². The summed E-state index contributed by atoms with van der Waals surface area (Å²) in [6.45, 7) is 3.54. The first kappa shape index (κ1) is 32.0. The van der Waals surface area contributed by atoms with Crippen LogP contribution in [0.15, 0.2) is 93.8 Å². The maximum atomic E-state index is 12.3. The summed E-state index contributed by atoms with van der Waals surface area (Å²) in [7, 11) is 0. The summed E-state index contributed by atoms with van der Waals surface area (Å²) in [6.07, 6.45) is 1.44. The average Bonchev–Trinajstić information content (AvgIpc) is 3.77. The van der Waals surface area contributed by atoms with Gasteiger partial charge in [0.2, 0.25) is 11.8 Å². The van der Waals surface area contributed by atoms with E-state index < -0.39 is 0 Å². The van der Waals surface area contributed by atoms with Crippen LogP contribution in [0.5, 0.6) is 0 Å². The highest BCUT2D eigenvalue weighted by molar-refractivity contribution is 7.12. The van der Waals surface area contributed by atoms with E-state index in [1.165, 1.54) is 22.7 Å². The molecular formula is C32H32N6O4S2. The highest BCUT2D eigenvalue weighted by Gasteiger charge is 2.10. The molecule has 10 nitrogen and oxygen atoms in total. The lowest BCUT2D eigenvalue weighted by molar-refractivity contribution is -0.123. The van der Waals surface area contributed by atoms with Crippen LogP contribution in [-0.4, -0.2) is 35.1 Å². The second-order valence-corrected chi connectivity index (χ2v) is 11.6. The lowest BCUT2D eigenvalue weighted by atomic mass is 10.1. The first-order valence-electron chi connectivity index (χ1n) is 13.9. The molecule has 2 aromatic carbocycles. The Morgan fingerprint density at radius 2 is 1.05 bits per heavy atom. The van der Waals surface area contributed by atoms with Crippen molar-refractivity contribution in [3.63, 3.8) is 0 Å². The number of benzene rings is 2. The Bertz CT molecular complexity index is 1540. The van der Waals surface area contributed by atoms with Gasteiger partial charge in [-0.25, -0.2) is 10.9 Å². The summed E-state index contributed by atoms with van der Waals surface area (Å²) in [4.78, 5) is 50.4. The molecule has 4 rings (SSSR count). The predicted molar refractivity (Wildman–Crippen MR) is 177 cm³/mol. The molecule has 0 unspecified atom stereocenters. The number of nitrogens with zero attached hydrogens (tertiary/aromatic N) is 2. The van der Waals surface area contributed by atoms with Crippen LogP contribution in [0.2, 0.25) is 0 Å². The van der Waals surface area contributed by atoms with Gasteiger partial charge in [-0.05, 0) is 85.0 Å². The Labute approximate surface area is 263 Å². The minimum Gasteiger partial charge on any atom is -0.321 e. The second kappa shape index (κ2) is 16.1. The van der Waals surface area contributed by atoms with Gasteiger partial charge in [-0.1, -0.05) is 36.4 Å². The predicted octanol–water partition coefficient (Wildman–Crippen LogP) is 6.26. The van der Waals surface area contributed by atoms with Crippen molar-refractivity contribution >= 4 is 69.1 Å². The molecule has 0 bridgehead atoms. The van der Waals surface area contributed by atoms with Crippen molar-refractivity contribution < 1.29 is 19.2 Å². The van der Waals surface area contributed by atoms with Gasteiger partial charge in [-0.15, -0.1) is 22.7 Å². The van der Waals surface area contributed by atoms with Crippen LogP contribution in [0.25, 0.3) is 0 Å². The largest absolute Gasteiger partial charge is 0.321 e. The Balaban J connectivity index is 1.16. The van der Waals surface area contributed by atoms with E-state index in [4.69, 9.17) is 0 Å². The van der Waals surface area contributed by atoms with Crippen molar-refractivity contribution in [2.75, 3.05) is 10.6 Å². The van der Waals surface area contributed by atoms with Gasteiger partial charge in [0.15, 0.2) is 0 Å². The van der Waals surface area contributed by atoms with Gasteiger partial charge >= 0.3 is 0 Å². The summed E-state index contributed by atoms with van der Waals surface area (Å²) < 4.78 is 0. The molecule has 44 heavy (non-hydrogen) atoms. The number of hydrogen-bond acceptors (Lipinski definition) is 8. The number of rotatable bonds is 13. The number of unbranched alkanes of at least 4 members (excludes halogenated alkanes) is 1. The zero-order valence-electron chi connectivity index (χ0n) is 24.3. The van der Waals surface area contributed by atoms with Crippen LogP contribution in [0.1, 0.15) is 70.0 Å². The fourth-order valence-corrected chi connectivity index (χ4v) is 5.19. The standard InChI is InChI=1S/C32H32N6O4S2/c1-21(23-9-5-11-25(19-23)33-31(41)27-13-7-17-43-27)35-37-29(39)15-3-4-16-30(40)38-36-22(2)24-10-6-12-26(20-24)34-32(42)28-14-8-18-44-28/h5-14,17-20H,3-4,15-16H2,1-2H3,(H,33,41)(H,34,42)(H,37,39)(H,38,40)/b35-21+,36-22+. The monoisotopic (exact) mass is 628 g/mol. The first-order chi connectivity index (χ1) is 21.3. The fourth-order valence-electron chi connectivity index (χ4n) is 3.95. The van der Waals surface area contributed by atoms with Gasteiger partial charge in [0.1, 0.15) is 0 Å². The molecular weight excluding hydrogens is 597 g/mol. The highest BCUT2D eigenvalue weighted by Crippen LogP contribution is 2.17. The number of carbonyl (C=O) groups excluding carboxylic acids is 4. The average molecular weight is 629 g/mol. The molecule has 0 saturated carbocycles. The molecule has 0 fully saturated rings. The molecule has 0 radical (unpaired) electrons. The van der Waals surface area contributed by atoms with E-state index in [1.807, 2.05) is 35.0 Å². The zero-order valence-corrected chi connectivity index (χ0v) is 25.9. The van der Waals surface area contributed by atoms with Crippen LogP contribution in [0, 0.1) is 0 Å². The smallest absolute Gasteiger partial charge is 0.265 e. The third-order valence-corrected chi connectivity index (χ3v) is 8.06. The lowest BCUT2D eigenvalue weighted by Crippen LogP contribution is -2.20.